The monoisotopic (exact) mass is 340 g/mol. The number of tetrazole rings is 1. The summed E-state index contributed by atoms with van der Waals surface area (Å²) >= 11 is 1.28. The lowest BCUT2D eigenvalue weighted by atomic mass is 10.2. The van der Waals surface area contributed by atoms with Crippen molar-refractivity contribution in [1.82, 2.24) is 30.8 Å². The standard InChI is InChI=1S/C11H12N6O5S/c18-6(1-17-4-12-15-16-17)13-8(10(19)20)9-14-7-5(3-23-9)2-22-11(7)21/h4,8-9,14H,1-3H2,(H,13,18)(H,19,20)/t8-,9+/m0/s1. The third-order valence-corrected chi connectivity index (χ3v) is 4.51. The van der Waals surface area contributed by atoms with Crippen molar-refractivity contribution in [2.75, 3.05) is 12.4 Å². The Morgan fingerprint density at radius 3 is 3.13 bits per heavy atom. The van der Waals surface area contributed by atoms with Crippen LogP contribution in [0, 0.1) is 0 Å². The number of ether oxygens (including phenoxy) is 1. The number of amides is 1. The zero-order valence-corrected chi connectivity index (χ0v) is 12.4. The second-order valence-corrected chi connectivity index (χ2v) is 5.95. The number of aromatic nitrogens is 4. The summed E-state index contributed by atoms with van der Waals surface area (Å²) in [7, 11) is 0. The predicted octanol–water partition coefficient (Wildman–Crippen LogP) is -2.28. The Morgan fingerprint density at radius 1 is 1.61 bits per heavy atom. The number of carbonyl (C=O) groups excluding carboxylic acids is 2. The Hall–Kier alpha value is -2.63. The smallest absolute Gasteiger partial charge is 0.354 e. The minimum atomic E-state index is -1.22. The fraction of sp³-hybridized carbons (Fsp3) is 0.455. The number of nitrogens with one attached hydrogen (secondary N) is 2. The summed E-state index contributed by atoms with van der Waals surface area (Å²) in [5.74, 6) is -1.81. The molecule has 3 heterocycles. The summed E-state index contributed by atoms with van der Waals surface area (Å²) in [6, 6.07) is -1.22. The molecule has 3 rings (SSSR count). The lowest BCUT2D eigenvalue weighted by Crippen LogP contribution is -2.54. The molecule has 0 fully saturated rings. The third-order valence-electron chi connectivity index (χ3n) is 3.24. The van der Waals surface area contributed by atoms with Gasteiger partial charge in [0.05, 0.1) is 0 Å². The van der Waals surface area contributed by atoms with Crippen molar-refractivity contribution < 1.29 is 24.2 Å². The average Bonchev–Trinajstić information content (AvgIpc) is 3.15. The summed E-state index contributed by atoms with van der Waals surface area (Å²) in [5.41, 5.74) is 1.08. The molecule has 0 saturated heterocycles. The first-order valence-corrected chi connectivity index (χ1v) is 7.59. The number of hydrogen-bond donors (Lipinski definition) is 3. The molecule has 1 amide bonds. The molecule has 0 saturated carbocycles. The highest BCUT2D eigenvalue weighted by Gasteiger charge is 2.38. The molecule has 11 nitrogen and oxygen atoms in total. The van der Waals surface area contributed by atoms with Gasteiger partial charge in [0.25, 0.3) is 0 Å². The quantitative estimate of drug-likeness (QED) is 0.500. The zero-order valence-electron chi connectivity index (χ0n) is 11.6. The average molecular weight is 340 g/mol. The van der Waals surface area contributed by atoms with Gasteiger partial charge in [-0.2, -0.15) is 0 Å². The molecule has 2 aliphatic heterocycles. The van der Waals surface area contributed by atoms with Crippen molar-refractivity contribution in [1.29, 1.82) is 0 Å². The molecular formula is C11H12N6O5S. The first kappa shape index (κ1) is 15.3. The molecule has 23 heavy (non-hydrogen) atoms. The Bertz CT molecular complexity index is 674. The van der Waals surface area contributed by atoms with Crippen LogP contribution >= 0.6 is 11.8 Å². The number of thioether (sulfide) groups is 1. The van der Waals surface area contributed by atoms with Gasteiger partial charge in [-0.1, -0.05) is 0 Å². The van der Waals surface area contributed by atoms with Gasteiger partial charge < -0.3 is 20.5 Å². The molecule has 0 spiro atoms. The Balaban J connectivity index is 1.66. The van der Waals surface area contributed by atoms with Crippen LogP contribution in [-0.2, 0) is 25.7 Å². The van der Waals surface area contributed by atoms with Crippen LogP contribution in [0.15, 0.2) is 17.6 Å². The van der Waals surface area contributed by atoms with Crippen LogP contribution in [0.1, 0.15) is 0 Å². The van der Waals surface area contributed by atoms with E-state index in [1.54, 1.807) is 0 Å². The van der Waals surface area contributed by atoms with Crippen molar-refractivity contribution >= 4 is 29.6 Å². The van der Waals surface area contributed by atoms with Gasteiger partial charge in [-0.05, 0) is 10.4 Å². The maximum Gasteiger partial charge on any atom is 0.354 e. The highest BCUT2D eigenvalue weighted by molar-refractivity contribution is 8.00. The van der Waals surface area contributed by atoms with Gasteiger partial charge in [0.1, 0.15) is 30.5 Å². The molecule has 12 heteroatoms. The van der Waals surface area contributed by atoms with E-state index >= 15 is 0 Å². The van der Waals surface area contributed by atoms with E-state index in [0.29, 0.717) is 5.75 Å². The van der Waals surface area contributed by atoms with Crippen molar-refractivity contribution in [3.63, 3.8) is 0 Å². The van der Waals surface area contributed by atoms with E-state index in [2.05, 4.69) is 26.2 Å². The molecule has 2 atom stereocenters. The van der Waals surface area contributed by atoms with E-state index in [1.165, 1.54) is 22.8 Å². The Kier molecular flexibility index (Phi) is 4.14. The second kappa shape index (κ2) is 6.24. The Labute approximate surface area is 133 Å². The number of carbonyl (C=O) groups is 3. The number of hydrogen-bond acceptors (Lipinski definition) is 9. The van der Waals surface area contributed by atoms with Gasteiger partial charge in [-0.25, -0.2) is 14.3 Å². The van der Waals surface area contributed by atoms with E-state index in [1.807, 2.05) is 0 Å². The maximum absolute atomic E-state index is 11.9. The SMILES string of the molecule is O=C(Cn1cnnn1)N[C@H](C(=O)O)[C@@H]1NC2=C(COC2=O)CS1. The number of nitrogens with zero attached hydrogens (tertiary/aromatic N) is 4. The van der Waals surface area contributed by atoms with Gasteiger partial charge in [0, 0.05) is 11.3 Å². The van der Waals surface area contributed by atoms with E-state index in [0.717, 1.165) is 5.57 Å². The number of esters is 1. The normalized spacial score (nSPS) is 21.2. The summed E-state index contributed by atoms with van der Waals surface area (Å²) in [6.45, 7) is 0.00837. The lowest BCUT2D eigenvalue weighted by molar-refractivity contribution is -0.142. The van der Waals surface area contributed by atoms with Gasteiger partial charge in [-0.15, -0.1) is 16.9 Å². The van der Waals surface area contributed by atoms with Crippen molar-refractivity contribution in [2.24, 2.45) is 0 Å². The van der Waals surface area contributed by atoms with Crippen LogP contribution in [-0.4, -0.2) is 66.9 Å². The van der Waals surface area contributed by atoms with E-state index in [4.69, 9.17) is 4.74 Å². The van der Waals surface area contributed by atoms with E-state index in [-0.39, 0.29) is 18.8 Å². The highest BCUT2D eigenvalue weighted by Crippen LogP contribution is 2.28. The molecule has 0 unspecified atom stereocenters. The maximum atomic E-state index is 11.9. The zero-order chi connectivity index (χ0) is 16.4. The van der Waals surface area contributed by atoms with Gasteiger partial charge in [-0.3, -0.25) is 4.79 Å². The topological polar surface area (TPSA) is 148 Å². The lowest BCUT2D eigenvalue weighted by Gasteiger charge is -2.29. The van der Waals surface area contributed by atoms with Crippen LogP contribution in [0.5, 0.6) is 0 Å². The number of cyclic esters (lactones) is 1. The first-order chi connectivity index (χ1) is 11.0. The fourth-order valence-corrected chi connectivity index (χ4v) is 3.34. The number of rotatable bonds is 5. The molecule has 1 aromatic rings. The van der Waals surface area contributed by atoms with Gasteiger partial charge in [0.15, 0.2) is 6.04 Å². The molecule has 0 bridgehead atoms. The molecule has 1 aromatic heterocycles. The van der Waals surface area contributed by atoms with E-state index < -0.39 is 29.3 Å². The van der Waals surface area contributed by atoms with E-state index in [9.17, 15) is 19.5 Å². The Morgan fingerprint density at radius 2 is 2.43 bits per heavy atom. The van der Waals surface area contributed by atoms with Crippen molar-refractivity contribution in [2.45, 2.75) is 18.0 Å². The number of carboxylic acid groups (broad SMARTS) is 1. The molecular weight excluding hydrogens is 328 g/mol. The predicted molar refractivity (Wildman–Crippen MR) is 74.8 cm³/mol. The van der Waals surface area contributed by atoms with Crippen LogP contribution < -0.4 is 10.6 Å². The summed E-state index contributed by atoms with van der Waals surface area (Å²) in [5, 5.41) is 24.2. The second-order valence-electron chi connectivity index (χ2n) is 4.82. The van der Waals surface area contributed by atoms with Crippen LogP contribution in [0.4, 0.5) is 0 Å². The molecule has 2 aliphatic rings. The van der Waals surface area contributed by atoms with Crippen LogP contribution in [0.2, 0.25) is 0 Å². The first-order valence-electron chi connectivity index (χ1n) is 6.55. The van der Waals surface area contributed by atoms with Crippen molar-refractivity contribution in [3.05, 3.63) is 17.6 Å². The molecule has 122 valence electrons. The molecule has 0 radical (unpaired) electrons. The molecule has 0 aliphatic carbocycles. The van der Waals surface area contributed by atoms with Crippen LogP contribution in [0.25, 0.3) is 0 Å². The fourth-order valence-electron chi connectivity index (χ4n) is 2.16. The largest absolute Gasteiger partial charge is 0.480 e. The summed E-state index contributed by atoms with van der Waals surface area (Å²) in [4.78, 5) is 35.0. The molecule has 3 N–H and O–H groups in total. The van der Waals surface area contributed by atoms with Gasteiger partial charge in [0.2, 0.25) is 5.91 Å². The van der Waals surface area contributed by atoms with Crippen LogP contribution in [0.3, 0.4) is 0 Å². The summed E-state index contributed by atoms with van der Waals surface area (Å²) in [6.07, 6.45) is 1.24. The van der Waals surface area contributed by atoms with Crippen molar-refractivity contribution in [3.8, 4) is 0 Å². The number of carboxylic acids is 1. The summed E-state index contributed by atoms with van der Waals surface area (Å²) < 4.78 is 6.06. The highest BCUT2D eigenvalue weighted by atomic mass is 32.2. The molecule has 0 aromatic carbocycles. The minimum Gasteiger partial charge on any atom is -0.480 e. The third kappa shape index (κ3) is 3.26. The minimum absolute atomic E-state index is 0.204. The van der Waals surface area contributed by atoms with Gasteiger partial charge >= 0.3 is 11.9 Å². The number of aliphatic carboxylic acids is 1.